The quantitative estimate of drug-likeness (QED) is 0.578. The number of benzene rings is 1. The van der Waals surface area contributed by atoms with Crippen molar-refractivity contribution in [2.24, 2.45) is 0 Å². The third-order valence-corrected chi connectivity index (χ3v) is 2.57. The highest BCUT2D eigenvalue weighted by Crippen LogP contribution is 1.94. The number of nitrogens with zero attached hydrogens (tertiary/aromatic N) is 1. The zero-order valence-electron chi connectivity index (χ0n) is 11.3. The van der Waals surface area contributed by atoms with E-state index in [1.807, 2.05) is 30.3 Å². The van der Waals surface area contributed by atoms with E-state index in [0.717, 1.165) is 38.3 Å². The van der Waals surface area contributed by atoms with Crippen LogP contribution in [-0.2, 0) is 4.74 Å². The number of hydrogen-bond donors (Lipinski definition) is 1. The largest absolute Gasteiger partial charge is 0.383 e. The van der Waals surface area contributed by atoms with Crippen molar-refractivity contribution in [3.63, 3.8) is 0 Å². The molecule has 0 saturated heterocycles. The van der Waals surface area contributed by atoms with Crippen LogP contribution >= 0.6 is 0 Å². The second-order valence-corrected chi connectivity index (χ2v) is 4.14. The molecule has 0 radical (unpaired) electrons. The molecule has 3 heteroatoms. The average Bonchev–Trinajstić information content (AvgIpc) is 2.41. The first-order valence-corrected chi connectivity index (χ1v) is 6.25. The molecule has 0 unspecified atom stereocenters. The summed E-state index contributed by atoms with van der Waals surface area (Å²) in [5.74, 6) is 6.24. The number of hydrogen-bond acceptors (Lipinski definition) is 3. The number of methoxy groups -OCH3 is 1. The predicted molar refractivity (Wildman–Crippen MR) is 75.6 cm³/mol. The molecule has 0 aromatic heterocycles. The minimum atomic E-state index is 0.729. The Morgan fingerprint density at radius 2 is 2.00 bits per heavy atom. The number of nitrogens with one attached hydrogen (secondary N) is 1. The van der Waals surface area contributed by atoms with Gasteiger partial charge in [-0.1, -0.05) is 30.0 Å². The van der Waals surface area contributed by atoms with Crippen molar-refractivity contribution >= 4 is 0 Å². The Bertz CT molecular complexity index is 367. The third-order valence-electron chi connectivity index (χ3n) is 2.57. The van der Waals surface area contributed by atoms with Crippen LogP contribution in [0.4, 0.5) is 0 Å². The van der Waals surface area contributed by atoms with Crippen molar-refractivity contribution in [2.45, 2.75) is 0 Å². The second-order valence-electron chi connectivity index (χ2n) is 4.14. The molecule has 0 bridgehead atoms. The van der Waals surface area contributed by atoms with E-state index in [2.05, 4.69) is 29.1 Å². The highest BCUT2D eigenvalue weighted by atomic mass is 16.5. The fraction of sp³-hybridized carbons (Fsp3) is 0.467. The van der Waals surface area contributed by atoms with Gasteiger partial charge in [0.1, 0.15) is 0 Å². The zero-order chi connectivity index (χ0) is 13.1. The molecule has 1 aromatic carbocycles. The summed E-state index contributed by atoms with van der Waals surface area (Å²) in [5, 5.41) is 3.31. The van der Waals surface area contributed by atoms with Crippen LogP contribution in [0.1, 0.15) is 5.56 Å². The minimum absolute atomic E-state index is 0.729. The van der Waals surface area contributed by atoms with E-state index in [1.54, 1.807) is 7.11 Å². The third kappa shape index (κ3) is 7.08. The zero-order valence-corrected chi connectivity index (χ0v) is 11.3. The van der Waals surface area contributed by atoms with Crippen LogP contribution in [0, 0.1) is 11.8 Å². The normalized spacial score (nSPS) is 10.2. The van der Waals surface area contributed by atoms with Gasteiger partial charge in [-0.15, -0.1) is 0 Å². The molecule has 1 N–H and O–H groups in total. The lowest BCUT2D eigenvalue weighted by Gasteiger charge is -2.15. The van der Waals surface area contributed by atoms with E-state index >= 15 is 0 Å². The standard InChI is InChI=1S/C15H22N2O/c1-17(13-14-18-2)12-11-16-10-6-9-15-7-4-3-5-8-15/h3-5,7-8,16H,10-14H2,1-2H3. The summed E-state index contributed by atoms with van der Waals surface area (Å²) in [4.78, 5) is 2.24. The fourth-order valence-electron chi connectivity index (χ4n) is 1.45. The molecule has 0 aliphatic heterocycles. The molecule has 1 rings (SSSR count). The van der Waals surface area contributed by atoms with E-state index in [-0.39, 0.29) is 0 Å². The smallest absolute Gasteiger partial charge is 0.0589 e. The Morgan fingerprint density at radius 1 is 1.22 bits per heavy atom. The maximum atomic E-state index is 5.02. The molecule has 0 spiro atoms. The summed E-state index contributed by atoms with van der Waals surface area (Å²) in [5.41, 5.74) is 1.07. The van der Waals surface area contributed by atoms with Gasteiger partial charge >= 0.3 is 0 Å². The van der Waals surface area contributed by atoms with E-state index in [1.165, 1.54) is 0 Å². The van der Waals surface area contributed by atoms with Crippen molar-refractivity contribution in [1.82, 2.24) is 10.2 Å². The lowest BCUT2D eigenvalue weighted by molar-refractivity contribution is 0.161. The Labute approximate surface area is 110 Å². The summed E-state index contributed by atoms with van der Waals surface area (Å²) in [7, 11) is 3.82. The van der Waals surface area contributed by atoms with Gasteiger partial charge in [0.15, 0.2) is 0 Å². The first kappa shape index (κ1) is 14.7. The van der Waals surface area contributed by atoms with Gasteiger partial charge in [-0.2, -0.15) is 0 Å². The van der Waals surface area contributed by atoms with Gasteiger partial charge < -0.3 is 15.0 Å². The van der Waals surface area contributed by atoms with Gasteiger partial charge in [0.25, 0.3) is 0 Å². The maximum absolute atomic E-state index is 5.02. The summed E-state index contributed by atoms with van der Waals surface area (Å²) >= 11 is 0. The molecular formula is C15H22N2O. The van der Waals surface area contributed by atoms with Crippen LogP contribution in [0.2, 0.25) is 0 Å². The Morgan fingerprint density at radius 3 is 2.72 bits per heavy atom. The molecule has 98 valence electrons. The molecule has 0 atom stereocenters. The molecule has 0 aliphatic carbocycles. The van der Waals surface area contributed by atoms with Crippen molar-refractivity contribution < 1.29 is 4.74 Å². The monoisotopic (exact) mass is 246 g/mol. The lowest BCUT2D eigenvalue weighted by atomic mass is 10.2. The van der Waals surface area contributed by atoms with Gasteiger partial charge in [0.05, 0.1) is 13.2 Å². The van der Waals surface area contributed by atoms with E-state index in [0.29, 0.717) is 0 Å². The van der Waals surface area contributed by atoms with Gasteiger partial charge in [-0.3, -0.25) is 0 Å². The maximum Gasteiger partial charge on any atom is 0.0589 e. The van der Waals surface area contributed by atoms with Gasteiger partial charge in [0, 0.05) is 32.3 Å². The first-order valence-electron chi connectivity index (χ1n) is 6.25. The van der Waals surface area contributed by atoms with Crippen LogP contribution in [0.3, 0.4) is 0 Å². The average molecular weight is 246 g/mol. The Hall–Kier alpha value is -1.34. The highest BCUT2D eigenvalue weighted by molar-refractivity contribution is 5.33. The molecule has 0 fully saturated rings. The van der Waals surface area contributed by atoms with Gasteiger partial charge in [0.2, 0.25) is 0 Å². The number of likely N-dealkylation sites (N-methyl/N-ethyl adjacent to an activating group) is 1. The lowest BCUT2D eigenvalue weighted by Crippen LogP contribution is -2.31. The number of ether oxygens (including phenoxy) is 1. The van der Waals surface area contributed by atoms with Crippen molar-refractivity contribution in [1.29, 1.82) is 0 Å². The van der Waals surface area contributed by atoms with Crippen molar-refractivity contribution in [3.05, 3.63) is 35.9 Å². The summed E-state index contributed by atoms with van der Waals surface area (Å²) in [6, 6.07) is 10.0. The molecule has 0 saturated carbocycles. The summed E-state index contributed by atoms with van der Waals surface area (Å²) < 4.78 is 5.02. The summed E-state index contributed by atoms with van der Waals surface area (Å²) in [6.07, 6.45) is 0. The molecule has 1 aromatic rings. The molecule has 0 amide bonds. The first-order chi connectivity index (χ1) is 8.83. The van der Waals surface area contributed by atoms with E-state index < -0.39 is 0 Å². The molecule has 0 heterocycles. The minimum Gasteiger partial charge on any atom is -0.383 e. The topological polar surface area (TPSA) is 24.5 Å². The van der Waals surface area contributed by atoms with Gasteiger partial charge in [-0.25, -0.2) is 0 Å². The van der Waals surface area contributed by atoms with Crippen LogP contribution in [0.25, 0.3) is 0 Å². The number of rotatable bonds is 7. The highest BCUT2D eigenvalue weighted by Gasteiger charge is 1.95. The molecule has 3 nitrogen and oxygen atoms in total. The van der Waals surface area contributed by atoms with Crippen LogP contribution < -0.4 is 5.32 Å². The molecule has 0 aliphatic rings. The fourth-order valence-corrected chi connectivity index (χ4v) is 1.45. The van der Waals surface area contributed by atoms with Crippen LogP contribution in [0.15, 0.2) is 30.3 Å². The van der Waals surface area contributed by atoms with E-state index in [9.17, 15) is 0 Å². The van der Waals surface area contributed by atoms with Gasteiger partial charge in [-0.05, 0) is 19.2 Å². The van der Waals surface area contributed by atoms with Crippen LogP contribution in [0.5, 0.6) is 0 Å². The molecule has 18 heavy (non-hydrogen) atoms. The SMILES string of the molecule is COCCN(C)CCNCC#Cc1ccccc1. The Balaban J connectivity index is 2.07. The van der Waals surface area contributed by atoms with E-state index in [4.69, 9.17) is 4.74 Å². The second kappa shape index (κ2) is 9.67. The summed E-state index contributed by atoms with van der Waals surface area (Å²) in [6.45, 7) is 4.44. The van der Waals surface area contributed by atoms with Crippen molar-refractivity contribution in [2.75, 3.05) is 46.9 Å². The van der Waals surface area contributed by atoms with Crippen LogP contribution in [-0.4, -0.2) is 51.8 Å². The Kier molecular flexibility index (Phi) is 7.90. The molecular weight excluding hydrogens is 224 g/mol. The van der Waals surface area contributed by atoms with Crippen molar-refractivity contribution in [3.8, 4) is 11.8 Å². The predicted octanol–water partition coefficient (Wildman–Crippen LogP) is 1.21.